The lowest BCUT2D eigenvalue weighted by Crippen LogP contribution is -2.43. The van der Waals surface area contributed by atoms with E-state index in [9.17, 15) is 4.79 Å². The number of aryl methyl sites for hydroxylation is 1. The zero-order chi connectivity index (χ0) is 20.1. The first-order valence-electron chi connectivity index (χ1n) is 9.71. The fourth-order valence-corrected chi connectivity index (χ4v) is 3.50. The van der Waals surface area contributed by atoms with Crippen LogP contribution in [0.5, 0.6) is 0 Å². The Labute approximate surface area is 169 Å². The molecule has 8 nitrogen and oxygen atoms in total. The minimum atomic E-state index is -0.120. The highest BCUT2D eigenvalue weighted by atomic mass is 16.5. The molecule has 1 atom stereocenters. The number of aromatic nitrogens is 4. The average molecular weight is 392 g/mol. The number of nitrogens with one attached hydrogen (secondary N) is 1. The zero-order valence-electron chi connectivity index (χ0n) is 16.4. The first-order valence-corrected chi connectivity index (χ1v) is 9.71. The molecule has 0 spiro atoms. The summed E-state index contributed by atoms with van der Waals surface area (Å²) in [6, 6.07) is 15.9. The van der Waals surface area contributed by atoms with E-state index in [0.29, 0.717) is 25.3 Å². The predicted molar refractivity (Wildman–Crippen MR) is 108 cm³/mol. The molecular formula is C21H24N6O2. The molecular weight excluding hydrogens is 368 g/mol. The van der Waals surface area contributed by atoms with Crippen LogP contribution in [0.15, 0.2) is 54.9 Å². The Kier molecular flexibility index (Phi) is 5.92. The number of carbonyl (C=O) groups excluding carboxylic acids is 1. The summed E-state index contributed by atoms with van der Waals surface area (Å²) in [5.41, 5.74) is 3.73. The van der Waals surface area contributed by atoms with Gasteiger partial charge in [-0.3, -0.25) is 9.69 Å². The van der Waals surface area contributed by atoms with Crippen molar-refractivity contribution in [1.82, 2.24) is 30.4 Å². The van der Waals surface area contributed by atoms with E-state index in [1.807, 2.05) is 12.1 Å². The normalized spacial score (nSPS) is 15.8. The number of benzene rings is 2. The Morgan fingerprint density at radius 3 is 2.69 bits per heavy atom. The van der Waals surface area contributed by atoms with Crippen LogP contribution in [0.3, 0.4) is 0 Å². The van der Waals surface area contributed by atoms with Gasteiger partial charge in [0.2, 0.25) is 0 Å². The molecule has 2 heterocycles. The van der Waals surface area contributed by atoms with Gasteiger partial charge in [-0.1, -0.05) is 35.9 Å². The Hall–Kier alpha value is -3.10. The van der Waals surface area contributed by atoms with E-state index in [-0.39, 0.29) is 11.9 Å². The lowest BCUT2D eigenvalue weighted by atomic mass is 10.0. The molecule has 0 radical (unpaired) electrons. The molecule has 1 unspecified atom stereocenters. The summed E-state index contributed by atoms with van der Waals surface area (Å²) in [4.78, 5) is 15.2. The SMILES string of the molecule is Cc1ccc(C(CNC(=O)c2cccc(-n3cnnn3)c2)N2CCOCC2)cc1. The number of carbonyl (C=O) groups is 1. The summed E-state index contributed by atoms with van der Waals surface area (Å²) < 4.78 is 7.03. The first-order chi connectivity index (χ1) is 14.2. The van der Waals surface area contributed by atoms with Gasteiger partial charge in [-0.05, 0) is 41.1 Å². The third kappa shape index (κ3) is 4.67. The molecule has 1 aliphatic rings. The fourth-order valence-electron chi connectivity index (χ4n) is 3.50. The summed E-state index contributed by atoms with van der Waals surface area (Å²) >= 11 is 0. The van der Waals surface area contributed by atoms with Crippen molar-refractivity contribution in [2.75, 3.05) is 32.8 Å². The number of morpholine rings is 1. The quantitative estimate of drug-likeness (QED) is 0.688. The van der Waals surface area contributed by atoms with Crippen molar-refractivity contribution in [2.45, 2.75) is 13.0 Å². The van der Waals surface area contributed by atoms with Crippen molar-refractivity contribution in [1.29, 1.82) is 0 Å². The van der Waals surface area contributed by atoms with Crippen LogP contribution in [-0.4, -0.2) is 63.9 Å². The fraction of sp³-hybridized carbons (Fsp3) is 0.333. The molecule has 1 saturated heterocycles. The molecule has 1 aliphatic heterocycles. The molecule has 0 bridgehead atoms. The molecule has 2 aromatic carbocycles. The number of rotatable bonds is 6. The van der Waals surface area contributed by atoms with Crippen molar-refractivity contribution in [3.8, 4) is 5.69 Å². The van der Waals surface area contributed by atoms with Gasteiger partial charge in [0, 0.05) is 25.2 Å². The van der Waals surface area contributed by atoms with Crippen LogP contribution < -0.4 is 5.32 Å². The second-order valence-corrected chi connectivity index (χ2v) is 7.09. The Bertz CT molecular complexity index is 936. The zero-order valence-corrected chi connectivity index (χ0v) is 16.4. The summed E-state index contributed by atoms with van der Waals surface area (Å²) in [6.45, 7) is 5.73. The summed E-state index contributed by atoms with van der Waals surface area (Å²) in [6.07, 6.45) is 1.50. The predicted octanol–water partition coefficient (Wildman–Crippen LogP) is 1.77. The van der Waals surface area contributed by atoms with Gasteiger partial charge in [0.15, 0.2) is 0 Å². The van der Waals surface area contributed by atoms with Crippen LogP contribution in [0.1, 0.15) is 27.5 Å². The molecule has 1 amide bonds. The lowest BCUT2D eigenvalue weighted by molar-refractivity contribution is 0.0162. The highest BCUT2D eigenvalue weighted by Crippen LogP contribution is 2.22. The smallest absolute Gasteiger partial charge is 0.251 e. The standard InChI is InChI=1S/C21H24N6O2/c1-16-5-7-17(8-6-16)20(26-9-11-29-12-10-26)14-22-21(28)18-3-2-4-19(13-18)27-15-23-24-25-27/h2-8,13,15,20H,9-12,14H2,1H3,(H,22,28). The van der Waals surface area contributed by atoms with Crippen LogP contribution in [0, 0.1) is 6.92 Å². The van der Waals surface area contributed by atoms with Crippen LogP contribution in [-0.2, 0) is 4.74 Å². The van der Waals surface area contributed by atoms with E-state index >= 15 is 0 Å². The van der Waals surface area contributed by atoms with Gasteiger partial charge in [-0.25, -0.2) is 4.68 Å². The van der Waals surface area contributed by atoms with Crippen molar-refractivity contribution in [3.63, 3.8) is 0 Å². The molecule has 8 heteroatoms. The average Bonchev–Trinajstić information content (AvgIpc) is 3.31. The van der Waals surface area contributed by atoms with Crippen molar-refractivity contribution < 1.29 is 9.53 Å². The lowest BCUT2D eigenvalue weighted by Gasteiger charge is -2.35. The molecule has 1 aromatic heterocycles. The number of ether oxygens (including phenoxy) is 1. The van der Waals surface area contributed by atoms with E-state index in [4.69, 9.17) is 4.74 Å². The molecule has 4 rings (SSSR count). The number of hydrogen-bond donors (Lipinski definition) is 1. The van der Waals surface area contributed by atoms with E-state index in [2.05, 4.69) is 56.9 Å². The highest BCUT2D eigenvalue weighted by molar-refractivity contribution is 5.94. The van der Waals surface area contributed by atoms with E-state index in [0.717, 1.165) is 18.8 Å². The van der Waals surface area contributed by atoms with E-state index < -0.39 is 0 Å². The molecule has 3 aromatic rings. The van der Waals surface area contributed by atoms with Gasteiger partial charge >= 0.3 is 0 Å². The van der Waals surface area contributed by atoms with Crippen LogP contribution in [0.25, 0.3) is 5.69 Å². The van der Waals surface area contributed by atoms with E-state index in [1.54, 1.807) is 12.1 Å². The molecule has 1 fully saturated rings. The maximum Gasteiger partial charge on any atom is 0.251 e. The van der Waals surface area contributed by atoms with Crippen molar-refractivity contribution in [3.05, 3.63) is 71.5 Å². The third-order valence-corrected chi connectivity index (χ3v) is 5.13. The van der Waals surface area contributed by atoms with Gasteiger partial charge in [0.1, 0.15) is 6.33 Å². The topological polar surface area (TPSA) is 85.2 Å². The van der Waals surface area contributed by atoms with Crippen molar-refractivity contribution >= 4 is 5.91 Å². The van der Waals surface area contributed by atoms with E-state index in [1.165, 1.54) is 22.1 Å². The van der Waals surface area contributed by atoms with Gasteiger partial charge in [-0.15, -0.1) is 5.10 Å². The molecule has 0 saturated carbocycles. The highest BCUT2D eigenvalue weighted by Gasteiger charge is 2.23. The minimum absolute atomic E-state index is 0.103. The van der Waals surface area contributed by atoms with Gasteiger partial charge in [-0.2, -0.15) is 0 Å². The molecule has 150 valence electrons. The number of tetrazole rings is 1. The number of nitrogens with zero attached hydrogens (tertiary/aromatic N) is 5. The monoisotopic (exact) mass is 392 g/mol. The summed E-state index contributed by atoms with van der Waals surface area (Å²) in [5, 5.41) is 14.3. The van der Waals surface area contributed by atoms with Gasteiger partial charge in [0.25, 0.3) is 5.91 Å². The second kappa shape index (κ2) is 8.93. The maximum atomic E-state index is 12.8. The number of hydrogen-bond acceptors (Lipinski definition) is 6. The largest absolute Gasteiger partial charge is 0.379 e. The van der Waals surface area contributed by atoms with Crippen LogP contribution in [0.4, 0.5) is 0 Å². The minimum Gasteiger partial charge on any atom is -0.379 e. The summed E-state index contributed by atoms with van der Waals surface area (Å²) in [5.74, 6) is -0.120. The molecule has 29 heavy (non-hydrogen) atoms. The maximum absolute atomic E-state index is 12.8. The Morgan fingerprint density at radius 1 is 1.17 bits per heavy atom. The van der Waals surface area contributed by atoms with Crippen molar-refractivity contribution in [2.24, 2.45) is 0 Å². The second-order valence-electron chi connectivity index (χ2n) is 7.09. The third-order valence-electron chi connectivity index (χ3n) is 5.13. The van der Waals surface area contributed by atoms with Gasteiger partial charge in [0.05, 0.1) is 24.9 Å². The molecule has 0 aliphatic carbocycles. The Morgan fingerprint density at radius 2 is 1.97 bits per heavy atom. The molecule has 1 N–H and O–H groups in total. The first kappa shape index (κ1) is 19.2. The summed E-state index contributed by atoms with van der Waals surface area (Å²) in [7, 11) is 0. The number of amides is 1. The van der Waals surface area contributed by atoms with Crippen LogP contribution in [0.2, 0.25) is 0 Å². The Balaban J connectivity index is 1.48. The van der Waals surface area contributed by atoms with Gasteiger partial charge < -0.3 is 10.1 Å². The van der Waals surface area contributed by atoms with Crippen LogP contribution >= 0.6 is 0 Å².